The number of piperazine rings is 1. The number of amides is 4. The Hall–Kier alpha value is -7.04. The van der Waals surface area contributed by atoms with Gasteiger partial charge in [0, 0.05) is 104 Å². The van der Waals surface area contributed by atoms with E-state index in [0.29, 0.717) is 17.5 Å². The Bertz CT molecular complexity index is 2790. The molecule has 13 heteroatoms. The first-order chi connectivity index (χ1) is 29.8. The van der Waals surface area contributed by atoms with Crippen molar-refractivity contribution in [1.82, 2.24) is 29.7 Å². The van der Waals surface area contributed by atoms with Gasteiger partial charge in [-0.3, -0.25) is 39.3 Å². The average molecular weight is 814 g/mol. The lowest BCUT2D eigenvalue weighted by Gasteiger charge is -2.41. The molecular weight excluding hydrogens is 771 g/mol. The number of fused-ring (bicyclic) bond motifs is 4. The third-order valence-electron chi connectivity index (χ3n) is 12.4. The summed E-state index contributed by atoms with van der Waals surface area (Å²) in [6.07, 6.45) is 8.10. The number of rotatable bonds is 9. The summed E-state index contributed by atoms with van der Waals surface area (Å²) < 4.78 is 14.3. The van der Waals surface area contributed by atoms with Crippen LogP contribution in [0.15, 0.2) is 97.5 Å². The van der Waals surface area contributed by atoms with E-state index in [1.807, 2.05) is 36.8 Å². The third-order valence-corrected chi connectivity index (χ3v) is 12.4. The van der Waals surface area contributed by atoms with E-state index in [0.717, 1.165) is 78.2 Å². The Balaban J connectivity index is 0.666. The van der Waals surface area contributed by atoms with Crippen LogP contribution in [0.4, 0.5) is 5.69 Å². The maximum Gasteiger partial charge on any atom is 0.262 e. The Morgan fingerprint density at radius 3 is 2.48 bits per heavy atom. The fraction of sp³-hybridized carbons (Fsp3) is 0.292. The molecule has 306 valence electrons. The SMILES string of the molecule is Cn1c2ccncc2c2ccc(-c3ccc(OC4CC(CN5CCN(c6cccc(C#CCOc7ccc8c(c7)C(=O)N(C7CCC(=O)NC7=O)C8=O)c6)CC5)C4)nc3)cc21. The lowest BCUT2D eigenvalue weighted by molar-refractivity contribution is -0.136. The van der Waals surface area contributed by atoms with Crippen LogP contribution in [-0.4, -0.2) is 99.4 Å². The summed E-state index contributed by atoms with van der Waals surface area (Å²) in [7, 11) is 2.09. The molecule has 0 radical (unpaired) electrons. The number of hydrogen-bond acceptors (Lipinski definition) is 10. The minimum absolute atomic E-state index is 0.0662. The Labute approximate surface area is 352 Å². The van der Waals surface area contributed by atoms with Crippen LogP contribution in [0.5, 0.6) is 11.6 Å². The van der Waals surface area contributed by atoms with Gasteiger partial charge < -0.3 is 18.9 Å². The number of aromatic nitrogens is 3. The summed E-state index contributed by atoms with van der Waals surface area (Å²) in [6.45, 7) is 5.03. The highest BCUT2D eigenvalue weighted by Crippen LogP contribution is 2.35. The van der Waals surface area contributed by atoms with Crippen molar-refractivity contribution in [3.8, 4) is 34.6 Å². The average Bonchev–Trinajstić information content (AvgIpc) is 3.69. The number of carbonyl (C=O) groups is 4. The zero-order chi connectivity index (χ0) is 41.6. The molecule has 6 heterocycles. The molecule has 61 heavy (non-hydrogen) atoms. The van der Waals surface area contributed by atoms with Crippen molar-refractivity contribution in [1.29, 1.82) is 0 Å². The van der Waals surface area contributed by atoms with Gasteiger partial charge in [0.2, 0.25) is 17.7 Å². The molecule has 4 aliphatic rings. The lowest BCUT2D eigenvalue weighted by Crippen LogP contribution is -2.54. The summed E-state index contributed by atoms with van der Waals surface area (Å²) >= 11 is 0. The first-order valence-corrected chi connectivity index (χ1v) is 20.8. The molecule has 3 aliphatic heterocycles. The van der Waals surface area contributed by atoms with E-state index in [9.17, 15) is 19.2 Å². The number of anilines is 1. The molecule has 0 spiro atoms. The van der Waals surface area contributed by atoms with E-state index in [1.54, 1.807) is 6.07 Å². The largest absolute Gasteiger partial charge is 0.481 e. The van der Waals surface area contributed by atoms with Gasteiger partial charge in [0.1, 0.15) is 24.5 Å². The van der Waals surface area contributed by atoms with Gasteiger partial charge in [-0.25, -0.2) is 4.98 Å². The number of benzene rings is 3. The predicted molar refractivity (Wildman–Crippen MR) is 229 cm³/mol. The van der Waals surface area contributed by atoms with Crippen molar-refractivity contribution in [2.75, 3.05) is 44.2 Å². The molecule has 0 bridgehead atoms. The first kappa shape index (κ1) is 38.2. The molecule has 1 atom stereocenters. The lowest BCUT2D eigenvalue weighted by atomic mass is 9.82. The van der Waals surface area contributed by atoms with Gasteiger partial charge in [0.05, 0.1) is 16.6 Å². The second-order valence-electron chi connectivity index (χ2n) is 16.2. The zero-order valence-electron chi connectivity index (χ0n) is 33.7. The maximum absolute atomic E-state index is 13.1. The van der Waals surface area contributed by atoms with Crippen LogP contribution in [0.25, 0.3) is 32.9 Å². The number of ether oxygens (including phenoxy) is 2. The number of piperidine rings is 1. The number of imide groups is 2. The standard InChI is InChI=1S/C48H43N7O6/c1-52-41-15-16-49-28-40(41)37-10-7-32(25-43(37)52)33-8-14-45(50-27-33)61-36-23-31(24-36)29-53-17-19-54(20-18-53)34-6-2-4-30(22-34)5-3-21-60-35-9-11-38-39(26-35)48(59)55(47(38)58)42-12-13-44(56)51-46(42)57/h2,4,6-11,14-16,22,25-28,31,36,42H,12-13,17-21,23-24,29H2,1H3,(H,51,56,57). The molecule has 1 N–H and O–H groups in total. The van der Waals surface area contributed by atoms with Crippen LogP contribution in [0, 0.1) is 17.8 Å². The maximum atomic E-state index is 13.1. The van der Waals surface area contributed by atoms with E-state index < -0.39 is 29.7 Å². The number of hydrogen-bond donors (Lipinski definition) is 1. The molecule has 10 rings (SSSR count). The molecule has 13 nitrogen and oxygen atoms in total. The van der Waals surface area contributed by atoms with E-state index in [2.05, 4.69) is 91.0 Å². The van der Waals surface area contributed by atoms with Gasteiger partial charge in [-0.15, -0.1) is 0 Å². The van der Waals surface area contributed by atoms with Crippen molar-refractivity contribution >= 4 is 51.1 Å². The number of nitrogens with one attached hydrogen (secondary N) is 1. The van der Waals surface area contributed by atoms with Crippen LogP contribution in [0.2, 0.25) is 0 Å². The minimum atomic E-state index is -1.01. The van der Waals surface area contributed by atoms with Gasteiger partial charge >= 0.3 is 0 Å². The zero-order valence-corrected chi connectivity index (χ0v) is 33.7. The van der Waals surface area contributed by atoms with Gasteiger partial charge in [0.25, 0.3) is 11.8 Å². The normalized spacial score (nSPS) is 20.3. The monoisotopic (exact) mass is 813 g/mol. The van der Waals surface area contributed by atoms with E-state index in [4.69, 9.17) is 9.47 Å². The highest BCUT2D eigenvalue weighted by atomic mass is 16.5. The molecule has 4 amide bonds. The number of aryl methyl sites for hydroxylation is 1. The third kappa shape index (κ3) is 7.44. The molecule has 6 aromatic rings. The van der Waals surface area contributed by atoms with Crippen LogP contribution in [0.3, 0.4) is 0 Å². The molecule has 2 saturated heterocycles. The van der Waals surface area contributed by atoms with Gasteiger partial charge in [-0.1, -0.05) is 30.0 Å². The summed E-state index contributed by atoms with van der Waals surface area (Å²) in [5.74, 6) is 5.74. The molecule has 3 aromatic carbocycles. The van der Waals surface area contributed by atoms with Gasteiger partial charge in [-0.2, -0.15) is 0 Å². The second-order valence-corrected chi connectivity index (χ2v) is 16.2. The molecule has 3 fully saturated rings. The number of carbonyl (C=O) groups excluding carboxylic acids is 4. The molecule has 3 aromatic heterocycles. The predicted octanol–water partition coefficient (Wildman–Crippen LogP) is 5.60. The van der Waals surface area contributed by atoms with Crippen molar-refractivity contribution in [2.24, 2.45) is 13.0 Å². The van der Waals surface area contributed by atoms with E-state index in [-0.39, 0.29) is 36.7 Å². The van der Waals surface area contributed by atoms with Crippen molar-refractivity contribution < 1.29 is 28.7 Å². The summed E-state index contributed by atoms with van der Waals surface area (Å²) in [6, 6.07) is 24.5. The van der Waals surface area contributed by atoms with Crippen molar-refractivity contribution in [2.45, 2.75) is 37.8 Å². The van der Waals surface area contributed by atoms with Crippen LogP contribution in [-0.2, 0) is 16.6 Å². The van der Waals surface area contributed by atoms with Crippen LogP contribution >= 0.6 is 0 Å². The molecular formula is C48H43N7O6. The van der Waals surface area contributed by atoms with Crippen molar-refractivity contribution in [3.63, 3.8) is 0 Å². The fourth-order valence-corrected chi connectivity index (χ4v) is 9.08. The summed E-state index contributed by atoms with van der Waals surface area (Å²) in [5, 5.41) is 4.56. The van der Waals surface area contributed by atoms with E-state index >= 15 is 0 Å². The highest BCUT2D eigenvalue weighted by molar-refractivity contribution is 6.23. The second kappa shape index (κ2) is 15.9. The highest BCUT2D eigenvalue weighted by Gasteiger charge is 2.44. The molecule has 1 saturated carbocycles. The first-order valence-electron chi connectivity index (χ1n) is 20.8. The number of pyridine rings is 2. The van der Waals surface area contributed by atoms with Crippen LogP contribution < -0.4 is 19.7 Å². The topological polar surface area (TPSA) is 139 Å². The van der Waals surface area contributed by atoms with E-state index in [1.165, 1.54) is 28.6 Å². The van der Waals surface area contributed by atoms with Gasteiger partial charge in [-0.05, 0) is 85.3 Å². The van der Waals surface area contributed by atoms with Gasteiger partial charge in [0.15, 0.2) is 0 Å². The quantitative estimate of drug-likeness (QED) is 0.145. The Morgan fingerprint density at radius 2 is 1.66 bits per heavy atom. The summed E-state index contributed by atoms with van der Waals surface area (Å²) in [5.41, 5.74) is 6.90. The molecule has 1 aliphatic carbocycles. The van der Waals surface area contributed by atoms with Crippen molar-refractivity contribution in [3.05, 3.63) is 114 Å². The fourth-order valence-electron chi connectivity index (χ4n) is 9.08. The van der Waals surface area contributed by atoms with Crippen LogP contribution in [0.1, 0.15) is 52.0 Å². The summed E-state index contributed by atoms with van der Waals surface area (Å²) in [4.78, 5) is 64.9. The number of nitrogens with zero attached hydrogens (tertiary/aromatic N) is 6. The Morgan fingerprint density at radius 1 is 0.820 bits per heavy atom. The minimum Gasteiger partial charge on any atom is -0.481 e. The smallest absolute Gasteiger partial charge is 0.262 e. The molecule has 1 unspecified atom stereocenters. The Kier molecular flexibility index (Phi) is 9.92.